The summed E-state index contributed by atoms with van der Waals surface area (Å²) in [7, 11) is 3.44. The Morgan fingerprint density at radius 1 is 0.967 bits per heavy atom. The molecule has 2 aromatic carbocycles. The topological polar surface area (TPSA) is 203 Å². The van der Waals surface area contributed by atoms with Crippen LogP contribution < -0.4 is 48.2 Å². The highest BCUT2D eigenvalue weighted by atomic mass is 19.1. The average Bonchev–Trinajstić information content (AvgIpc) is 4.17. The van der Waals surface area contributed by atoms with Gasteiger partial charge in [-0.2, -0.15) is 15.2 Å². The van der Waals surface area contributed by atoms with E-state index in [2.05, 4.69) is 41.2 Å². The second-order valence-corrected chi connectivity index (χ2v) is 17.5. The molecule has 2 saturated heterocycles. The van der Waals surface area contributed by atoms with Crippen molar-refractivity contribution in [2.45, 2.75) is 90.3 Å². The molecule has 2 saturated carbocycles. The highest BCUT2D eigenvalue weighted by Crippen LogP contribution is 2.45. The zero-order valence-corrected chi connectivity index (χ0v) is 35.5. The van der Waals surface area contributed by atoms with Crippen molar-refractivity contribution < 1.29 is 13.5 Å². The summed E-state index contributed by atoms with van der Waals surface area (Å²) < 4.78 is 39.8. The maximum absolute atomic E-state index is 15.3. The zero-order chi connectivity index (χ0) is 43.9. The Balaban J connectivity index is 0.000000184. The van der Waals surface area contributed by atoms with Gasteiger partial charge in [0.05, 0.1) is 41.2 Å². The van der Waals surface area contributed by atoms with Crippen molar-refractivity contribution in [3.05, 3.63) is 71.0 Å². The molecule has 4 aliphatic rings. The standard InChI is InChI=1S/C22H28FN5O2.C21H27FN6O3/c1-13-19-17(21(29)25-22(30)28(19)16-5-6-16)11-18(23)20(13)27-10-7-15(12-27)14(2)26(3)9-4-8-24;1-21(11-25-8-3-7-23)6-9-26(12-21)17-15(22)10-14-16(18(17)31-2)27(13-4-5-13)20(30)28(24)19(14)29/h11,14-16H,4-7,9-10,12H2,1-3H3,(H,25,29,30);10,13,25H,3-6,8-9,11-12,24H2,1-2H3. The van der Waals surface area contributed by atoms with E-state index in [0.717, 1.165) is 51.1 Å². The van der Waals surface area contributed by atoms with Crippen LogP contribution in [0, 0.1) is 52.6 Å². The molecule has 2 aliphatic heterocycles. The van der Waals surface area contributed by atoms with Gasteiger partial charge in [0.15, 0.2) is 11.6 Å². The van der Waals surface area contributed by atoms with E-state index in [0.29, 0.717) is 85.0 Å². The lowest BCUT2D eigenvalue weighted by Gasteiger charge is -2.30. The summed E-state index contributed by atoms with van der Waals surface area (Å²) in [5.41, 5.74) is -0.142. The summed E-state index contributed by atoms with van der Waals surface area (Å²) in [5.74, 6) is 5.24. The first-order valence-corrected chi connectivity index (χ1v) is 21.1. The van der Waals surface area contributed by atoms with Gasteiger partial charge >= 0.3 is 11.4 Å². The van der Waals surface area contributed by atoms with E-state index >= 15 is 8.78 Å². The molecule has 0 bridgehead atoms. The minimum atomic E-state index is -0.742. The number of ether oxygens (including phenoxy) is 1. The molecule has 8 rings (SSSR count). The molecule has 61 heavy (non-hydrogen) atoms. The summed E-state index contributed by atoms with van der Waals surface area (Å²) in [6, 6.07) is 7.02. The van der Waals surface area contributed by atoms with Gasteiger partial charge in [-0.1, -0.05) is 6.92 Å². The smallest absolute Gasteiger partial charge is 0.350 e. The van der Waals surface area contributed by atoms with Crippen LogP contribution in [-0.4, -0.2) is 89.7 Å². The van der Waals surface area contributed by atoms with Crippen molar-refractivity contribution in [3.8, 4) is 17.9 Å². The zero-order valence-electron chi connectivity index (χ0n) is 35.5. The lowest BCUT2D eigenvalue weighted by Crippen LogP contribution is -2.44. The number of H-pyrrole nitrogens is 1. The predicted octanol–water partition coefficient (Wildman–Crippen LogP) is 3.61. The maximum atomic E-state index is 15.3. The number of nitrogens with zero attached hydrogens (tertiary/aromatic N) is 8. The summed E-state index contributed by atoms with van der Waals surface area (Å²) in [6.07, 6.45) is 6.05. The minimum absolute atomic E-state index is 0.0345. The molecule has 18 heteroatoms. The predicted molar refractivity (Wildman–Crippen MR) is 230 cm³/mol. The van der Waals surface area contributed by atoms with Gasteiger partial charge < -0.3 is 30.6 Å². The number of nitrogens with two attached hydrogens (primary N) is 1. The first-order chi connectivity index (χ1) is 29.1. The van der Waals surface area contributed by atoms with Gasteiger partial charge in [-0.3, -0.25) is 23.7 Å². The first-order valence-electron chi connectivity index (χ1n) is 21.1. The van der Waals surface area contributed by atoms with Gasteiger partial charge in [0.25, 0.3) is 11.1 Å². The number of aromatic amines is 1. The van der Waals surface area contributed by atoms with E-state index in [1.165, 1.54) is 17.7 Å². The molecular formula is C43H55F2N11O5. The Labute approximate surface area is 351 Å². The first kappa shape index (κ1) is 43.4. The normalized spacial score (nSPS) is 20.5. The third-order valence-electron chi connectivity index (χ3n) is 13.0. The lowest BCUT2D eigenvalue weighted by molar-refractivity contribution is 0.203. The second-order valence-electron chi connectivity index (χ2n) is 17.5. The monoisotopic (exact) mass is 843 g/mol. The molecule has 16 nitrogen and oxygen atoms in total. The Morgan fingerprint density at radius 2 is 1.62 bits per heavy atom. The fourth-order valence-electron chi connectivity index (χ4n) is 9.30. The molecule has 0 radical (unpaired) electrons. The van der Waals surface area contributed by atoms with Crippen molar-refractivity contribution in [1.29, 1.82) is 10.5 Å². The van der Waals surface area contributed by atoms with E-state index in [9.17, 15) is 19.2 Å². The minimum Gasteiger partial charge on any atom is -0.492 e. The van der Waals surface area contributed by atoms with Crippen LogP contribution in [0.3, 0.4) is 0 Å². The Bertz CT molecular complexity index is 2670. The quantitative estimate of drug-likeness (QED) is 0.131. The molecule has 4 fully saturated rings. The van der Waals surface area contributed by atoms with E-state index in [-0.39, 0.29) is 45.7 Å². The highest BCUT2D eigenvalue weighted by Gasteiger charge is 2.39. The highest BCUT2D eigenvalue weighted by molar-refractivity contribution is 5.91. The number of anilines is 2. The van der Waals surface area contributed by atoms with Crippen LogP contribution in [0.5, 0.6) is 5.75 Å². The molecule has 3 atom stereocenters. The Hall–Kier alpha value is -5.72. The number of aryl methyl sites for hydroxylation is 1. The number of fused-ring (bicyclic) bond motifs is 2. The van der Waals surface area contributed by atoms with Crippen LogP contribution in [0.1, 0.15) is 82.9 Å². The number of rotatable bonds is 13. The number of hydrogen-bond acceptors (Lipinski definition) is 12. The fourth-order valence-corrected chi connectivity index (χ4v) is 9.30. The molecule has 3 unspecified atom stereocenters. The molecule has 4 aromatic rings. The summed E-state index contributed by atoms with van der Waals surface area (Å²) >= 11 is 0. The molecule has 0 spiro atoms. The van der Waals surface area contributed by atoms with Crippen LogP contribution in [0.2, 0.25) is 0 Å². The van der Waals surface area contributed by atoms with Gasteiger partial charge in [0.1, 0.15) is 17.0 Å². The van der Waals surface area contributed by atoms with Crippen LogP contribution in [0.15, 0.2) is 31.3 Å². The van der Waals surface area contributed by atoms with Crippen LogP contribution in [0.4, 0.5) is 20.2 Å². The van der Waals surface area contributed by atoms with Crippen molar-refractivity contribution >= 4 is 33.2 Å². The number of nitriles is 2. The van der Waals surface area contributed by atoms with Gasteiger partial charge in [0, 0.05) is 82.3 Å². The SMILES string of the molecule is COc1c(N2CCC(C)(CNCCC#N)C2)c(F)cc2c(=O)n(N)c(=O)n(C3CC3)c12.Cc1c(N2CCC(C(C)N(C)CCC#N)C2)c(F)cc2c(=O)[nH]c(=O)n(C3CC3)c12. The van der Waals surface area contributed by atoms with Crippen molar-refractivity contribution in [3.63, 3.8) is 0 Å². The van der Waals surface area contributed by atoms with Gasteiger partial charge in [-0.05, 0) is 82.9 Å². The lowest BCUT2D eigenvalue weighted by atomic mass is 9.90. The Kier molecular flexibility index (Phi) is 12.3. The maximum Gasteiger partial charge on any atom is 0.350 e. The molecule has 326 valence electrons. The van der Waals surface area contributed by atoms with Crippen LogP contribution in [-0.2, 0) is 0 Å². The molecule has 4 heterocycles. The van der Waals surface area contributed by atoms with E-state index in [4.69, 9.17) is 21.1 Å². The number of halogens is 2. The molecule has 2 aliphatic carbocycles. The second kappa shape index (κ2) is 17.3. The third-order valence-corrected chi connectivity index (χ3v) is 13.0. The van der Waals surface area contributed by atoms with Gasteiger partial charge in [0.2, 0.25) is 0 Å². The van der Waals surface area contributed by atoms with Crippen LogP contribution in [0.25, 0.3) is 21.8 Å². The summed E-state index contributed by atoms with van der Waals surface area (Å²) in [4.78, 5) is 58.7. The molecule has 4 N–H and O–H groups in total. The molecular weight excluding hydrogens is 789 g/mol. The number of aromatic nitrogens is 4. The largest absolute Gasteiger partial charge is 0.492 e. The van der Waals surface area contributed by atoms with Crippen molar-refractivity contribution in [1.82, 2.24) is 29.0 Å². The summed E-state index contributed by atoms with van der Waals surface area (Å²) in [6.45, 7) is 10.7. The third kappa shape index (κ3) is 8.35. The Morgan fingerprint density at radius 3 is 2.28 bits per heavy atom. The van der Waals surface area contributed by atoms with Gasteiger partial charge in [-0.25, -0.2) is 18.4 Å². The number of nitrogen functional groups attached to an aromatic ring is 1. The van der Waals surface area contributed by atoms with E-state index < -0.39 is 34.1 Å². The molecule has 2 aromatic heterocycles. The fraction of sp³-hybridized carbons (Fsp3) is 0.581. The van der Waals surface area contributed by atoms with E-state index in [1.807, 2.05) is 23.8 Å². The number of nitrogens with one attached hydrogen (secondary N) is 2. The number of methoxy groups -OCH3 is 1. The molecule has 0 amide bonds. The van der Waals surface area contributed by atoms with Crippen molar-refractivity contribution in [2.24, 2.45) is 11.3 Å². The van der Waals surface area contributed by atoms with Crippen molar-refractivity contribution in [2.75, 3.05) is 75.6 Å². The number of hydrogen-bond donors (Lipinski definition) is 3. The van der Waals surface area contributed by atoms with E-state index in [1.54, 1.807) is 4.57 Å². The van der Waals surface area contributed by atoms with Crippen LogP contribution >= 0.6 is 0 Å². The average molecular weight is 844 g/mol. The van der Waals surface area contributed by atoms with Gasteiger partial charge in [-0.15, -0.1) is 0 Å². The number of benzene rings is 2. The summed E-state index contributed by atoms with van der Waals surface area (Å²) in [5, 5.41) is 21.1.